The van der Waals surface area contributed by atoms with Gasteiger partial charge in [-0.15, -0.1) is 0 Å². The van der Waals surface area contributed by atoms with Crippen LogP contribution in [0.15, 0.2) is 36.4 Å². The lowest BCUT2D eigenvalue weighted by molar-refractivity contribution is -0.138. The van der Waals surface area contributed by atoms with Gasteiger partial charge in [0.05, 0.1) is 18.0 Å². The lowest BCUT2D eigenvalue weighted by atomic mass is 10.1. The maximum absolute atomic E-state index is 11.6. The van der Waals surface area contributed by atoms with Crippen molar-refractivity contribution in [1.82, 2.24) is 0 Å². The van der Waals surface area contributed by atoms with Crippen molar-refractivity contribution in [3.8, 4) is 0 Å². The Morgan fingerprint density at radius 2 is 2.00 bits per heavy atom. The summed E-state index contributed by atoms with van der Waals surface area (Å²) in [7, 11) is 2.08. The first-order valence-electron chi connectivity index (χ1n) is 6.53. The van der Waals surface area contributed by atoms with Crippen molar-refractivity contribution in [2.75, 3.05) is 43.1 Å². The van der Waals surface area contributed by atoms with E-state index in [9.17, 15) is 4.79 Å². The summed E-state index contributed by atoms with van der Waals surface area (Å²) >= 11 is 0. The minimum atomic E-state index is -0.307. The van der Waals surface area contributed by atoms with E-state index in [1.165, 1.54) is 5.69 Å². The van der Waals surface area contributed by atoms with Gasteiger partial charge in [0.2, 0.25) is 0 Å². The van der Waals surface area contributed by atoms with Crippen molar-refractivity contribution in [3.63, 3.8) is 0 Å². The van der Waals surface area contributed by atoms with Gasteiger partial charge in [-0.2, -0.15) is 0 Å². The van der Waals surface area contributed by atoms with E-state index in [1.807, 2.05) is 12.1 Å². The number of hydrogen-bond acceptors (Lipinski definition) is 4. The zero-order chi connectivity index (χ0) is 13.8. The van der Waals surface area contributed by atoms with Crippen molar-refractivity contribution in [3.05, 3.63) is 36.4 Å². The number of anilines is 2. The van der Waals surface area contributed by atoms with Gasteiger partial charge >= 0.3 is 5.97 Å². The van der Waals surface area contributed by atoms with E-state index in [0.717, 1.165) is 18.8 Å². The predicted molar refractivity (Wildman–Crippen MR) is 77.7 cm³/mol. The van der Waals surface area contributed by atoms with Gasteiger partial charge in [-0.25, -0.2) is 4.79 Å². The molecule has 0 amide bonds. The average Bonchev–Trinajstić information content (AvgIpc) is 2.42. The number of fused-ring (bicyclic) bond motifs is 1. The summed E-state index contributed by atoms with van der Waals surface area (Å²) < 4.78 is 4.98. The van der Waals surface area contributed by atoms with Gasteiger partial charge in [0.15, 0.2) is 0 Å². The number of carbonyl (C=O) groups is 1. The topological polar surface area (TPSA) is 32.8 Å². The summed E-state index contributed by atoms with van der Waals surface area (Å²) in [6.45, 7) is 8.35. The molecule has 0 radical (unpaired) electrons. The van der Waals surface area contributed by atoms with Crippen molar-refractivity contribution >= 4 is 17.3 Å². The zero-order valence-electron chi connectivity index (χ0n) is 11.6. The maximum Gasteiger partial charge on any atom is 0.335 e. The van der Waals surface area contributed by atoms with E-state index >= 15 is 0 Å². The molecule has 1 aliphatic rings. The van der Waals surface area contributed by atoms with Crippen LogP contribution in [0.5, 0.6) is 0 Å². The lowest BCUT2D eigenvalue weighted by Gasteiger charge is -2.37. The molecule has 2 rings (SSSR count). The third-order valence-corrected chi connectivity index (χ3v) is 3.28. The van der Waals surface area contributed by atoms with E-state index in [-0.39, 0.29) is 5.97 Å². The fraction of sp³-hybridized carbons (Fsp3) is 0.400. The Morgan fingerprint density at radius 1 is 1.32 bits per heavy atom. The molecule has 1 aromatic rings. The van der Waals surface area contributed by atoms with Gasteiger partial charge < -0.3 is 14.5 Å². The fourth-order valence-corrected chi connectivity index (χ4v) is 2.26. The number of hydrogen-bond donors (Lipinski definition) is 0. The lowest BCUT2D eigenvalue weighted by Crippen LogP contribution is -2.40. The third-order valence-electron chi connectivity index (χ3n) is 3.28. The highest BCUT2D eigenvalue weighted by Gasteiger charge is 2.21. The summed E-state index contributed by atoms with van der Waals surface area (Å²) in [5.74, 6) is -0.307. The third kappa shape index (κ3) is 2.89. The number of para-hydroxylation sites is 2. The van der Waals surface area contributed by atoms with E-state index in [1.54, 1.807) is 6.92 Å². The van der Waals surface area contributed by atoms with Gasteiger partial charge in [-0.05, 0) is 19.1 Å². The molecule has 0 saturated carbocycles. The van der Waals surface area contributed by atoms with Crippen molar-refractivity contribution in [2.45, 2.75) is 6.92 Å². The van der Waals surface area contributed by atoms with Crippen molar-refractivity contribution in [2.24, 2.45) is 0 Å². The molecular weight excluding hydrogens is 240 g/mol. The highest BCUT2D eigenvalue weighted by atomic mass is 16.5. The molecular formula is C15H20N2O2. The first-order chi connectivity index (χ1) is 9.13. The van der Waals surface area contributed by atoms with E-state index in [4.69, 9.17) is 4.74 Å². The molecule has 1 aromatic carbocycles. The Labute approximate surface area is 114 Å². The van der Waals surface area contributed by atoms with E-state index in [2.05, 4.69) is 35.6 Å². The molecule has 0 fully saturated rings. The monoisotopic (exact) mass is 260 g/mol. The Balaban J connectivity index is 2.13. The Bertz CT molecular complexity index is 485. The van der Waals surface area contributed by atoms with Crippen LogP contribution in [0.25, 0.3) is 0 Å². The minimum Gasteiger partial charge on any atom is -0.463 e. The normalized spacial score (nSPS) is 14.0. The molecule has 0 atom stereocenters. The minimum absolute atomic E-state index is 0.307. The van der Waals surface area contributed by atoms with Crippen molar-refractivity contribution < 1.29 is 9.53 Å². The molecule has 0 N–H and O–H groups in total. The van der Waals surface area contributed by atoms with Crippen LogP contribution < -0.4 is 9.80 Å². The molecule has 1 heterocycles. The maximum atomic E-state index is 11.6. The molecule has 4 nitrogen and oxygen atoms in total. The summed E-state index contributed by atoms with van der Waals surface area (Å²) in [5, 5.41) is 0. The summed E-state index contributed by atoms with van der Waals surface area (Å²) in [5.41, 5.74) is 2.83. The number of carbonyl (C=O) groups excluding carboxylic acids is 1. The zero-order valence-corrected chi connectivity index (χ0v) is 11.6. The molecule has 0 unspecified atom stereocenters. The Hall–Kier alpha value is -1.97. The van der Waals surface area contributed by atoms with Gasteiger partial charge in [-0.3, -0.25) is 0 Å². The van der Waals surface area contributed by atoms with Gasteiger partial charge in [0.25, 0.3) is 0 Å². The highest BCUT2D eigenvalue weighted by Crippen LogP contribution is 2.31. The second kappa shape index (κ2) is 5.78. The second-order valence-electron chi connectivity index (χ2n) is 4.66. The molecule has 0 aromatic heterocycles. The number of ether oxygens (including phenoxy) is 1. The predicted octanol–water partition coefficient (Wildman–Crippen LogP) is 2.06. The Morgan fingerprint density at radius 3 is 2.68 bits per heavy atom. The van der Waals surface area contributed by atoms with Gasteiger partial charge in [-0.1, -0.05) is 18.7 Å². The number of nitrogens with zero attached hydrogens (tertiary/aromatic N) is 2. The van der Waals surface area contributed by atoms with E-state index in [0.29, 0.717) is 18.7 Å². The summed E-state index contributed by atoms with van der Waals surface area (Å²) in [4.78, 5) is 16.0. The second-order valence-corrected chi connectivity index (χ2v) is 4.66. The van der Waals surface area contributed by atoms with Crippen LogP contribution in [0.1, 0.15) is 6.92 Å². The molecule has 0 bridgehead atoms. The van der Waals surface area contributed by atoms with Crippen LogP contribution in [0, 0.1) is 0 Å². The average molecular weight is 260 g/mol. The largest absolute Gasteiger partial charge is 0.463 e. The highest BCUT2D eigenvalue weighted by molar-refractivity contribution is 5.89. The van der Waals surface area contributed by atoms with Crippen LogP contribution in [0.4, 0.5) is 11.4 Å². The van der Waals surface area contributed by atoms with Crippen LogP contribution in [0.3, 0.4) is 0 Å². The molecule has 0 saturated heterocycles. The number of likely N-dealkylation sites (N-methyl/N-ethyl adjacent to an activating group) is 1. The Kier molecular flexibility index (Phi) is 4.10. The number of esters is 1. The quantitative estimate of drug-likeness (QED) is 0.613. The number of benzene rings is 1. The van der Waals surface area contributed by atoms with Crippen LogP contribution >= 0.6 is 0 Å². The molecule has 4 heteroatoms. The number of rotatable bonds is 4. The van der Waals surface area contributed by atoms with Crippen LogP contribution in [0.2, 0.25) is 0 Å². The molecule has 102 valence electrons. The van der Waals surface area contributed by atoms with Gasteiger partial charge in [0.1, 0.15) is 0 Å². The fourth-order valence-electron chi connectivity index (χ4n) is 2.26. The van der Waals surface area contributed by atoms with E-state index < -0.39 is 0 Å². The smallest absolute Gasteiger partial charge is 0.335 e. The molecule has 1 aliphatic heterocycles. The van der Waals surface area contributed by atoms with Crippen LogP contribution in [-0.4, -0.2) is 39.3 Å². The summed E-state index contributed by atoms with van der Waals surface area (Å²) in [6, 6.07) is 8.20. The molecule has 0 aliphatic carbocycles. The van der Waals surface area contributed by atoms with Gasteiger partial charge in [0, 0.05) is 32.3 Å². The SMILES string of the molecule is C=C(CN1CCN(C)c2ccccc21)C(=O)OCC. The standard InChI is InChI=1S/C15H20N2O2/c1-4-19-15(18)12(2)11-17-10-9-16(3)13-7-5-6-8-14(13)17/h5-8H,2,4,9-11H2,1,3H3. The molecule has 0 spiro atoms. The first-order valence-corrected chi connectivity index (χ1v) is 6.53. The first kappa shape index (κ1) is 13.5. The molecule has 19 heavy (non-hydrogen) atoms. The van der Waals surface area contributed by atoms with Crippen LogP contribution in [-0.2, 0) is 9.53 Å². The summed E-state index contributed by atoms with van der Waals surface area (Å²) in [6.07, 6.45) is 0. The van der Waals surface area contributed by atoms with Crippen molar-refractivity contribution in [1.29, 1.82) is 0 Å².